The van der Waals surface area contributed by atoms with Crippen molar-refractivity contribution in [1.82, 2.24) is 9.46 Å². The third kappa shape index (κ3) is 3.77. The van der Waals surface area contributed by atoms with Gasteiger partial charge in [0, 0.05) is 30.6 Å². The van der Waals surface area contributed by atoms with E-state index in [0.29, 0.717) is 23.1 Å². The number of sulfonamides is 1. The topological polar surface area (TPSA) is 81.9 Å². The fraction of sp³-hybridized carbons (Fsp3) is 0.350. The van der Waals surface area contributed by atoms with Crippen LogP contribution in [-0.2, 0) is 10.0 Å². The van der Waals surface area contributed by atoms with E-state index in [2.05, 4.69) is 5.16 Å². The Morgan fingerprint density at radius 1 is 1.17 bits per heavy atom. The first-order valence-electron chi connectivity index (χ1n) is 9.18. The minimum absolute atomic E-state index is 0.0474. The van der Waals surface area contributed by atoms with Gasteiger partial charge in [0.1, 0.15) is 15.7 Å². The van der Waals surface area contributed by atoms with E-state index in [1.54, 1.807) is 32.4 Å². The first kappa shape index (κ1) is 19.9. The highest BCUT2D eigenvalue weighted by atomic mass is 32.2. The Kier molecular flexibility index (Phi) is 5.37. The first-order chi connectivity index (χ1) is 13.9. The largest absolute Gasteiger partial charge is 0.497 e. The van der Waals surface area contributed by atoms with E-state index in [1.807, 2.05) is 25.1 Å². The lowest BCUT2D eigenvalue weighted by Gasteiger charge is -2.18. The molecular formula is C20H22N2O5S2. The fourth-order valence-electron chi connectivity index (χ4n) is 3.56. The second kappa shape index (κ2) is 7.81. The zero-order valence-corrected chi connectivity index (χ0v) is 18.0. The molecule has 3 heterocycles. The van der Waals surface area contributed by atoms with Gasteiger partial charge in [-0.15, -0.1) is 11.3 Å². The number of hydrogen-bond donors (Lipinski definition) is 0. The summed E-state index contributed by atoms with van der Waals surface area (Å²) in [6, 6.07) is 10.8. The summed E-state index contributed by atoms with van der Waals surface area (Å²) in [6.45, 7) is 2.69. The van der Waals surface area contributed by atoms with Crippen molar-refractivity contribution in [1.29, 1.82) is 0 Å². The molecule has 2 aromatic heterocycles. The average molecular weight is 435 g/mol. The average Bonchev–Trinajstić information content (AvgIpc) is 3.47. The van der Waals surface area contributed by atoms with Crippen molar-refractivity contribution in [2.45, 2.75) is 23.5 Å². The number of thiophene rings is 1. The van der Waals surface area contributed by atoms with Gasteiger partial charge in [0.2, 0.25) is 0 Å². The highest BCUT2D eigenvalue weighted by Gasteiger charge is 2.35. The second-order valence-corrected chi connectivity index (χ2v) is 10.2. The smallest absolute Gasteiger partial charge is 0.252 e. The van der Waals surface area contributed by atoms with Gasteiger partial charge in [0.15, 0.2) is 5.76 Å². The summed E-state index contributed by atoms with van der Waals surface area (Å²) < 4.78 is 44.2. The Morgan fingerprint density at radius 3 is 2.69 bits per heavy atom. The fourth-order valence-corrected chi connectivity index (χ4v) is 6.47. The van der Waals surface area contributed by atoms with Crippen LogP contribution in [0.1, 0.15) is 23.6 Å². The molecular weight excluding hydrogens is 412 g/mol. The summed E-state index contributed by atoms with van der Waals surface area (Å²) in [5.41, 5.74) is 1.72. The lowest BCUT2D eigenvalue weighted by Crippen LogP contribution is -2.28. The van der Waals surface area contributed by atoms with E-state index >= 15 is 0 Å². The quantitative estimate of drug-likeness (QED) is 0.585. The monoisotopic (exact) mass is 434 g/mol. The van der Waals surface area contributed by atoms with Gasteiger partial charge in [-0.3, -0.25) is 0 Å². The van der Waals surface area contributed by atoms with Crippen LogP contribution in [0.5, 0.6) is 11.5 Å². The van der Waals surface area contributed by atoms with Gasteiger partial charge in [0.25, 0.3) is 10.0 Å². The summed E-state index contributed by atoms with van der Waals surface area (Å²) in [6.07, 6.45) is 0.724. The highest BCUT2D eigenvalue weighted by Crippen LogP contribution is 2.39. The Hall–Kier alpha value is -2.36. The van der Waals surface area contributed by atoms with E-state index < -0.39 is 10.0 Å². The minimum Gasteiger partial charge on any atom is -0.497 e. The lowest BCUT2D eigenvalue weighted by molar-refractivity contribution is 0.394. The van der Waals surface area contributed by atoms with E-state index in [-0.39, 0.29) is 5.92 Å². The predicted octanol–water partition coefficient (Wildman–Crippen LogP) is 3.91. The van der Waals surface area contributed by atoms with Gasteiger partial charge in [-0.25, -0.2) is 8.42 Å². The van der Waals surface area contributed by atoms with Crippen LogP contribution < -0.4 is 9.47 Å². The molecule has 154 valence electrons. The SMILES string of the molecule is COc1ccc(OC)c([C@H]2CCN(S(=O)(=O)c3ccc(-c4cc(C)no4)s3)C2)c1. The second-order valence-electron chi connectivity index (χ2n) is 6.91. The first-order valence-corrected chi connectivity index (χ1v) is 11.4. The summed E-state index contributed by atoms with van der Waals surface area (Å²) >= 11 is 1.20. The van der Waals surface area contributed by atoms with Crippen LogP contribution in [0.25, 0.3) is 10.6 Å². The summed E-state index contributed by atoms with van der Waals surface area (Å²) in [4.78, 5) is 0.745. The Bertz CT molecular complexity index is 1120. The third-order valence-electron chi connectivity index (χ3n) is 5.07. The zero-order valence-electron chi connectivity index (χ0n) is 16.4. The van der Waals surface area contributed by atoms with Crippen LogP contribution in [0.3, 0.4) is 0 Å². The van der Waals surface area contributed by atoms with Crippen molar-refractivity contribution in [2.24, 2.45) is 0 Å². The number of aromatic nitrogens is 1. The Balaban J connectivity index is 1.57. The van der Waals surface area contributed by atoms with Gasteiger partial charge >= 0.3 is 0 Å². The summed E-state index contributed by atoms with van der Waals surface area (Å²) in [7, 11) is -0.347. The Labute approximate surface area is 173 Å². The van der Waals surface area contributed by atoms with Crippen LogP contribution in [0, 0.1) is 6.92 Å². The molecule has 9 heteroatoms. The Morgan fingerprint density at radius 2 is 2.00 bits per heavy atom. The number of benzene rings is 1. The maximum atomic E-state index is 13.2. The normalized spacial score (nSPS) is 17.6. The van der Waals surface area contributed by atoms with Gasteiger partial charge in [-0.2, -0.15) is 4.31 Å². The zero-order chi connectivity index (χ0) is 20.6. The molecule has 4 rings (SSSR count). The van der Waals surface area contributed by atoms with Crippen molar-refractivity contribution in [3.8, 4) is 22.1 Å². The van der Waals surface area contributed by atoms with Gasteiger partial charge in [-0.1, -0.05) is 5.16 Å². The molecule has 0 N–H and O–H groups in total. The van der Waals surface area contributed by atoms with E-state index in [4.69, 9.17) is 14.0 Å². The number of hydrogen-bond acceptors (Lipinski definition) is 7. The standard InChI is InChI=1S/C20H22N2O5S2/c1-13-10-18(27-21-13)19-6-7-20(28-19)29(23,24)22-9-8-14(12-22)16-11-15(25-2)4-5-17(16)26-3/h4-7,10-11,14H,8-9,12H2,1-3H3/t14-/m0/s1. The van der Waals surface area contributed by atoms with Gasteiger partial charge in [-0.05, 0) is 43.7 Å². The number of aryl methyl sites for hydroxylation is 1. The van der Waals surface area contributed by atoms with Crippen LogP contribution >= 0.6 is 11.3 Å². The van der Waals surface area contributed by atoms with Crippen LogP contribution in [0.15, 0.2) is 45.1 Å². The van der Waals surface area contributed by atoms with Crippen LogP contribution in [0.4, 0.5) is 0 Å². The molecule has 1 aliphatic heterocycles. The number of methoxy groups -OCH3 is 2. The molecule has 1 saturated heterocycles. The van der Waals surface area contributed by atoms with Crippen molar-refractivity contribution < 1.29 is 22.4 Å². The number of nitrogens with zero attached hydrogens (tertiary/aromatic N) is 2. The van der Waals surface area contributed by atoms with E-state index in [9.17, 15) is 8.42 Å². The van der Waals surface area contributed by atoms with Crippen LogP contribution in [0.2, 0.25) is 0 Å². The summed E-state index contributed by atoms with van der Waals surface area (Å²) in [5, 5.41) is 3.87. The van der Waals surface area contributed by atoms with Crippen molar-refractivity contribution in [3.05, 3.63) is 47.7 Å². The van der Waals surface area contributed by atoms with Crippen LogP contribution in [-0.4, -0.2) is 45.2 Å². The molecule has 7 nitrogen and oxygen atoms in total. The van der Waals surface area contributed by atoms with Crippen molar-refractivity contribution >= 4 is 21.4 Å². The molecule has 0 spiro atoms. The van der Waals surface area contributed by atoms with E-state index in [0.717, 1.165) is 34.1 Å². The number of rotatable bonds is 6. The molecule has 0 radical (unpaired) electrons. The maximum Gasteiger partial charge on any atom is 0.252 e. The summed E-state index contributed by atoms with van der Waals surface area (Å²) in [5.74, 6) is 2.10. The number of ether oxygens (including phenoxy) is 2. The molecule has 0 unspecified atom stereocenters. The van der Waals surface area contributed by atoms with Crippen molar-refractivity contribution in [2.75, 3.05) is 27.3 Å². The van der Waals surface area contributed by atoms with E-state index in [1.165, 1.54) is 15.6 Å². The molecule has 1 fully saturated rings. The van der Waals surface area contributed by atoms with Gasteiger partial charge in [0.05, 0.1) is 24.8 Å². The van der Waals surface area contributed by atoms with Crippen molar-refractivity contribution in [3.63, 3.8) is 0 Å². The lowest BCUT2D eigenvalue weighted by atomic mass is 9.97. The molecule has 0 aliphatic carbocycles. The molecule has 29 heavy (non-hydrogen) atoms. The molecule has 0 bridgehead atoms. The molecule has 1 aromatic carbocycles. The van der Waals surface area contributed by atoms with Gasteiger partial charge < -0.3 is 14.0 Å². The molecule has 1 atom stereocenters. The predicted molar refractivity (Wildman–Crippen MR) is 110 cm³/mol. The third-order valence-corrected chi connectivity index (χ3v) is 8.51. The highest BCUT2D eigenvalue weighted by molar-refractivity contribution is 7.91. The molecule has 0 saturated carbocycles. The molecule has 1 aliphatic rings. The molecule has 3 aromatic rings. The molecule has 0 amide bonds. The minimum atomic E-state index is -3.58. The maximum absolute atomic E-state index is 13.2.